The summed E-state index contributed by atoms with van der Waals surface area (Å²) in [5.41, 5.74) is 7.08. The summed E-state index contributed by atoms with van der Waals surface area (Å²) in [6, 6.07) is 15.2. The van der Waals surface area contributed by atoms with Crippen LogP contribution in [0.1, 0.15) is 10.5 Å². The molecule has 8 heteroatoms. The van der Waals surface area contributed by atoms with Gasteiger partial charge in [0.15, 0.2) is 5.69 Å². The van der Waals surface area contributed by atoms with Gasteiger partial charge in [-0.25, -0.2) is 4.79 Å². The number of primary amides is 1. The Labute approximate surface area is 137 Å². The highest BCUT2D eigenvalue weighted by Gasteiger charge is 2.11. The number of para-hydroxylation sites is 1. The van der Waals surface area contributed by atoms with E-state index in [0.29, 0.717) is 11.4 Å². The van der Waals surface area contributed by atoms with E-state index >= 15 is 0 Å². The van der Waals surface area contributed by atoms with Gasteiger partial charge >= 0.3 is 6.03 Å². The fourth-order valence-corrected chi connectivity index (χ4v) is 2.03. The largest absolute Gasteiger partial charge is 0.351 e. The van der Waals surface area contributed by atoms with E-state index < -0.39 is 6.03 Å². The molecule has 0 unspecified atom stereocenters. The van der Waals surface area contributed by atoms with Crippen LogP contribution in [-0.2, 0) is 0 Å². The number of anilines is 2. The number of nitrogens with two attached hydrogens (primary N) is 1. The number of nitrogens with zero attached hydrogens (tertiary/aromatic N) is 3. The van der Waals surface area contributed by atoms with Crippen molar-refractivity contribution >= 4 is 23.3 Å². The summed E-state index contributed by atoms with van der Waals surface area (Å²) in [6.45, 7) is 0. The lowest BCUT2D eigenvalue weighted by molar-refractivity contribution is 0.102. The van der Waals surface area contributed by atoms with Gasteiger partial charge in [-0.3, -0.25) is 4.79 Å². The molecule has 3 aromatic rings. The molecular weight excluding hydrogens is 308 g/mol. The van der Waals surface area contributed by atoms with Gasteiger partial charge in [-0.15, -0.1) is 5.10 Å². The Hall–Kier alpha value is -3.68. The highest BCUT2D eigenvalue weighted by atomic mass is 16.2. The van der Waals surface area contributed by atoms with Crippen LogP contribution in [-0.4, -0.2) is 26.9 Å². The van der Waals surface area contributed by atoms with Crippen LogP contribution in [0.2, 0.25) is 0 Å². The van der Waals surface area contributed by atoms with Crippen LogP contribution in [0, 0.1) is 0 Å². The maximum absolute atomic E-state index is 12.2. The molecule has 24 heavy (non-hydrogen) atoms. The third-order valence-corrected chi connectivity index (χ3v) is 3.12. The van der Waals surface area contributed by atoms with Crippen molar-refractivity contribution in [3.63, 3.8) is 0 Å². The molecule has 0 aliphatic rings. The van der Waals surface area contributed by atoms with Crippen molar-refractivity contribution < 1.29 is 9.59 Å². The molecule has 120 valence electrons. The second kappa shape index (κ2) is 6.61. The van der Waals surface area contributed by atoms with Gasteiger partial charge in [0.1, 0.15) is 0 Å². The molecule has 0 aliphatic heterocycles. The minimum atomic E-state index is -0.649. The molecule has 3 rings (SSSR count). The lowest BCUT2D eigenvalue weighted by Gasteiger charge is -2.05. The Bertz CT molecular complexity index is 858. The SMILES string of the molecule is NC(=O)Nc1ccc(NC(=O)c2cnn(-c3ccccc3)n2)cc1. The summed E-state index contributed by atoms with van der Waals surface area (Å²) in [6.07, 6.45) is 1.39. The number of hydrogen-bond acceptors (Lipinski definition) is 4. The minimum absolute atomic E-state index is 0.193. The fourth-order valence-electron chi connectivity index (χ4n) is 2.03. The topological polar surface area (TPSA) is 115 Å². The number of nitrogens with one attached hydrogen (secondary N) is 2. The summed E-state index contributed by atoms with van der Waals surface area (Å²) in [5.74, 6) is -0.382. The first-order valence-electron chi connectivity index (χ1n) is 7.07. The number of aromatic nitrogens is 3. The molecule has 0 spiro atoms. The van der Waals surface area contributed by atoms with Crippen LogP contribution in [0.25, 0.3) is 5.69 Å². The van der Waals surface area contributed by atoms with Gasteiger partial charge in [0.25, 0.3) is 5.91 Å². The van der Waals surface area contributed by atoms with Gasteiger partial charge in [-0.2, -0.15) is 9.90 Å². The van der Waals surface area contributed by atoms with E-state index in [1.54, 1.807) is 24.3 Å². The van der Waals surface area contributed by atoms with E-state index in [1.807, 2.05) is 30.3 Å². The first-order valence-corrected chi connectivity index (χ1v) is 7.07. The van der Waals surface area contributed by atoms with Gasteiger partial charge in [-0.1, -0.05) is 18.2 Å². The van der Waals surface area contributed by atoms with Crippen molar-refractivity contribution in [2.45, 2.75) is 0 Å². The number of hydrogen-bond donors (Lipinski definition) is 3. The second-order valence-electron chi connectivity index (χ2n) is 4.88. The van der Waals surface area contributed by atoms with Crippen LogP contribution in [0.5, 0.6) is 0 Å². The molecule has 0 radical (unpaired) electrons. The molecule has 0 saturated carbocycles. The normalized spacial score (nSPS) is 10.2. The highest BCUT2D eigenvalue weighted by molar-refractivity contribution is 6.02. The van der Waals surface area contributed by atoms with Gasteiger partial charge in [0.05, 0.1) is 11.9 Å². The van der Waals surface area contributed by atoms with Crippen LogP contribution in [0.4, 0.5) is 16.2 Å². The average molecular weight is 322 g/mol. The van der Waals surface area contributed by atoms with Crippen molar-refractivity contribution in [3.8, 4) is 5.69 Å². The highest BCUT2D eigenvalue weighted by Crippen LogP contribution is 2.14. The smallest absolute Gasteiger partial charge is 0.316 e. The zero-order chi connectivity index (χ0) is 16.9. The summed E-state index contributed by atoms with van der Waals surface area (Å²) in [5, 5.41) is 13.4. The summed E-state index contributed by atoms with van der Waals surface area (Å²) in [4.78, 5) is 24.3. The number of benzene rings is 2. The molecule has 1 aromatic heterocycles. The molecular formula is C16H14N6O2. The van der Waals surface area contributed by atoms with E-state index in [1.165, 1.54) is 11.0 Å². The Balaban J connectivity index is 1.69. The van der Waals surface area contributed by atoms with E-state index in [0.717, 1.165) is 5.69 Å². The van der Waals surface area contributed by atoms with Crippen LogP contribution < -0.4 is 16.4 Å². The average Bonchev–Trinajstić information content (AvgIpc) is 3.07. The monoisotopic (exact) mass is 322 g/mol. The van der Waals surface area contributed by atoms with E-state index in [4.69, 9.17) is 5.73 Å². The third-order valence-electron chi connectivity index (χ3n) is 3.12. The Morgan fingerprint density at radius 1 is 0.917 bits per heavy atom. The van der Waals surface area contributed by atoms with Crippen molar-refractivity contribution in [1.82, 2.24) is 15.0 Å². The molecule has 0 bridgehead atoms. The molecule has 0 atom stereocenters. The molecule has 3 amide bonds. The van der Waals surface area contributed by atoms with Gasteiger partial charge in [0.2, 0.25) is 0 Å². The molecule has 4 N–H and O–H groups in total. The maximum atomic E-state index is 12.2. The lowest BCUT2D eigenvalue weighted by Crippen LogP contribution is -2.19. The molecule has 8 nitrogen and oxygen atoms in total. The Kier molecular flexibility index (Phi) is 4.19. The predicted molar refractivity (Wildman–Crippen MR) is 89.0 cm³/mol. The number of carbonyl (C=O) groups excluding carboxylic acids is 2. The van der Waals surface area contributed by atoms with Crippen LogP contribution in [0.3, 0.4) is 0 Å². The second-order valence-corrected chi connectivity index (χ2v) is 4.88. The first kappa shape index (κ1) is 15.2. The zero-order valence-electron chi connectivity index (χ0n) is 12.5. The van der Waals surface area contributed by atoms with Crippen LogP contribution >= 0.6 is 0 Å². The Morgan fingerprint density at radius 3 is 2.17 bits per heavy atom. The molecule has 0 saturated heterocycles. The zero-order valence-corrected chi connectivity index (χ0v) is 12.5. The van der Waals surface area contributed by atoms with Crippen LogP contribution in [0.15, 0.2) is 60.8 Å². The Morgan fingerprint density at radius 2 is 1.54 bits per heavy atom. The fraction of sp³-hybridized carbons (Fsp3) is 0. The van der Waals surface area contributed by atoms with Gasteiger partial charge in [0, 0.05) is 11.4 Å². The van der Waals surface area contributed by atoms with Gasteiger partial charge < -0.3 is 16.4 Å². The predicted octanol–water partition coefficient (Wildman–Crippen LogP) is 2.01. The maximum Gasteiger partial charge on any atom is 0.316 e. The van der Waals surface area contributed by atoms with Crippen molar-refractivity contribution in [3.05, 3.63) is 66.5 Å². The first-order chi connectivity index (χ1) is 11.6. The van der Waals surface area contributed by atoms with E-state index in [2.05, 4.69) is 20.8 Å². The standard InChI is InChI=1S/C16H14N6O2/c17-16(24)20-12-8-6-11(7-9-12)19-15(23)14-10-18-22(21-14)13-4-2-1-3-5-13/h1-10H,(H,19,23)(H3,17,20,24). The van der Waals surface area contributed by atoms with Crippen molar-refractivity contribution in [2.75, 3.05) is 10.6 Å². The number of rotatable bonds is 4. The molecule has 0 fully saturated rings. The minimum Gasteiger partial charge on any atom is -0.351 e. The summed E-state index contributed by atoms with van der Waals surface area (Å²) in [7, 11) is 0. The number of carbonyl (C=O) groups is 2. The molecule has 2 aromatic carbocycles. The lowest BCUT2D eigenvalue weighted by atomic mass is 10.2. The van der Waals surface area contributed by atoms with Crippen molar-refractivity contribution in [2.24, 2.45) is 5.73 Å². The van der Waals surface area contributed by atoms with E-state index in [9.17, 15) is 9.59 Å². The summed E-state index contributed by atoms with van der Waals surface area (Å²) < 4.78 is 0. The van der Waals surface area contributed by atoms with Crippen molar-refractivity contribution in [1.29, 1.82) is 0 Å². The molecule has 0 aliphatic carbocycles. The third kappa shape index (κ3) is 3.55. The quantitative estimate of drug-likeness (QED) is 0.681. The molecule has 1 heterocycles. The van der Waals surface area contributed by atoms with E-state index in [-0.39, 0.29) is 11.6 Å². The summed E-state index contributed by atoms with van der Waals surface area (Å²) >= 11 is 0. The van der Waals surface area contributed by atoms with Gasteiger partial charge in [-0.05, 0) is 36.4 Å². The number of amides is 3. The number of urea groups is 1.